The molecule has 2 aromatic heterocycles. The van der Waals surface area contributed by atoms with Gasteiger partial charge in [-0.1, -0.05) is 0 Å². The Balaban J connectivity index is 1.42. The van der Waals surface area contributed by atoms with Crippen molar-refractivity contribution in [3.8, 4) is 5.75 Å². The molecule has 3 aliphatic rings. The molecule has 0 bridgehead atoms. The van der Waals surface area contributed by atoms with E-state index in [1.165, 1.54) is 16.5 Å². The SMILES string of the molecule is COc1ccc2c3c(n(C)c2c1)[C@H](CO)N(C(=O)CC1CC1)CC31CN(Cc2ccncc2)C1. The first-order valence-electron chi connectivity index (χ1n) is 12.2. The van der Waals surface area contributed by atoms with Gasteiger partial charge in [0.2, 0.25) is 5.91 Å². The zero-order valence-electron chi connectivity index (χ0n) is 19.9. The molecule has 1 aliphatic carbocycles. The van der Waals surface area contributed by atoms with Gasteiger partial charge in [0.15, 0.2) is 0 Å². The second-order valence-corrected chi connectivity index (χ2v) is 10.4. The van der Waals surface area contributed by atoms with Crippen LogP contribution in [0.3, 0.4) is 0 Å². The van der Waals surface area contributed by atoms with Crippen LogP contribution >= 0.6 is 0 Å². The van der Waals surface area contributed by atoms with Crippen molar-refractivity contribution in [3.05, 3.63) is 59.5 Å². The molecule has 4 heterocycles. The van der Waals surface area contributed by atoms with Gasteiger partial charge in [-0.15, -0.1) is 0 Å². The van der Waals surface area contributed by atoms with Gasteiger partial charge in [0.1, 0.15) is 5.75 Å². The Kier molecular flexibility index (Phi) is 5.15. The molecule has 0 unspecified atom stereocenters. The average Bonchev–Trinajstić information content (AvgIpc) is 3.60. The lowest BCUT2D eigenvalue weighted by atomic mass is 9.68. The van der Waals surface area contributed by atoms with Crippen molar-refractivity contribution in [3.63, 3.8) is 0 Å². The van der Waals surface area contributed by atoms with Crippen molar-refractivity contribution in [1.82, 2.24) is 19.4 Å². The molecule has 3 aromatic rings. The van der Waals surface area contributed by atoms with Gasteiger partial charge in [0, 0.05) is 74.6 Å². The normalized spacial score (nSPS) is 21.5. The average molecular weight is 461 g/mol. The fraction of sp³-hybridized carbons (Fsp3) is 0.481. The van der Waals surface area contributed by atoms with Crippen LogP contribution in [0, 0.1) is 5.92 Å². The zero-order valence-corrected chi connectivity index (χ0v) is 19.9. The highest BCUT2D eigenvalue weighted by molar-refractivity contribution is 5.90. The van der Waals surface area contributed by atoms with Gasteiger partial charge in [-0.05, 0) is 54.2 Å². The van der Waals surface area contributed by atoms with Gasteiger partial charge in [-0.2, -0.15) is 0 Å². The number of likely N-dealkylation sites (tertiary alicyclic amines) is 1. The maximum Gasteiger partial charge on any atom is 0.223 e. The van der Waals surface area contributed by atoms with Gasteiger partial charge >= 0.3 is 0 Å². The predicted molar refractivity (Wildman–Crippen MR) is 130 cm³/mol. The summed E-state index contributed by atoms with van der Waals surface area (Å²) in [6.07, 6.45) is 6.57. The second-order valence-electron chi connectivity index (χ2n) is 10.4. The number of hydrogen-bond acceptors (Lipinski definition) is 5. The minimum atomic E-state index is -0.315. The number of nitrogens with zero attached hydrogens (tertiary/aromatic N) is 4. The highest BCUT2D eigenvalue weighted by Crippen LogP contribution is 2.50. The van der Waals surface area contributed by atoms with E-state index >= 15 is 0 Å². The Morgan fingerprint density at radius 1 is 1.18 bits per heavy atom. The Hall–Kier alpha value is -2.90. The van der Waals surface area contributed by atoms with E-state index < -0.39 is 0 Å². The summed E-state index contributed by atoms with van der Waals surface area (Å²) in [5, 5.41) is 11.7. The number of aliphatic hydroxyl groups excluding tert-OH is 1. The van der Waals surface area contributed by atoms with Crippen LogP contribution in [-0.2, 0) is 23.8 Å². The van der Waals surface area contributed by atoms with Crippen LogP contribution in [0.1, 0.15) is 42.1 Å². The summed E-state index contributed by atoms with van der Waals surface area (Å²) < 4.78 is 7.69. The van der Waals surface area contributed by atoms with Crippen molar-refractivity contribution in [1.29, 1.82) is 0 Å². The van der Waals surface area contributed by atoms with Gasteiger partial charge in [-0.25, -0.2) is 0 Å². The molecule has 2 fully saturated rings. The van der Waals surface area contributed by atoms with Crippen molar-refractivity contribution in [2.24, 2.45) is 13.0 Å². The summed E-state index contributed by atoms with van der Waals surface area (Å²) in [5.41, 5.74) is 4.57. The van der Waals surface area contributed by atoms with E-state index in [0.29, 0.717) is 18.9 Å². The number of hydrogen-bond donors (Lipinski definition) is 1. The van der Waals surface area contributed by atoms with E-state index in [1.807, 2.05) is 23.4 Å². The molecule has 178 valence electrons. The number of aliphatic hydroxyl groups is 1. The van der Waals surface area contributed by atoms with Gasteiger partial charge in [0.05, 0.1) is 25.3 Å². The van der Waals surface area contributed by atoms with Crippen molar-refractivity contribution >= 4 is 16.8 Å². The van der Waals surface area contributed by atoms with Crippen molar-refractivity contribution in [2.75, 3.05) is 33.4 Å². The van der Waals surface area contributed by atoms with Crippen LogP contribution in [0.4, 0.5) is 0 Å². The number of ether oxygens (including phenoxy) is 1. The standard InChI is InChI=1S/C27H32N4O3/c1-29-22-12-20(34-2)5-6-21(22)25-26(29)23(14-32)31(24(33)11-18-3-4-18)17-27(25)15-30(16-27)13-19-7-9-28-10-8-19/h5-10,12,18,23,32H,3-4,11,13-17H2,1-2H3/t23-/m0/s1. The number of fused-ring (bicyclic) bond motifs is 4. The number of benzene rings is 1. The van der Waals surface area contributed by atoms with Crippen LogP contribution in [-0.4, -0.2) is 63.7 Å². The lowest BCUT2D eigenvalue weighted by molar-refractivity contribution is -0.139. The highest BCUT2D eigenvalue weighted by Gasteiger charge is 2.54. The van der Waals surface area contributed by atoms with Crippen molar-refractivity contribution in [2.45, 2.75) is 37.3 Å². The third-order valence-electron chi connectivity index (χ3n) is 8.01. The molecule has 34 heavy (non-hydrogen) atoms. The molecule has 0 radical (unpaired) electrons. The fourth-order valence-corrected chi connectivity index (χ4v) is 6.23. The number of carbonyl (C=O) groups is 1. The largest absolute Gasteiger partial charge is 0.497 e. The fourth-order valence-electron chi connectivity index (χ4n) is 6.23. The van der Waals surface area contributed by atoms with E-state index in [0.717, 1.165) is 49.4 Å². The third kappa shape index (κ3) is 3.41. The molecule has 2 aliphatic heterocycles. The highest BCUT2D eigenvalue weighted by atomic mass is 16.5. The lowest BCUT2D eigenvalue weighted by Gasteiger charge is -2.56. The van der Waals surface area contributed by atoms with Crippen LogP contribution in [0.5, 0.6) is 5.75 Å². The molecule has 7 heteroatoms. The Bertz CT molecular complexity index is 1230. The van der Waals surface area contributed by atoms with Crippen LogP contribution in [0.25, 0.3) is 10.9 Å². The van der Waals surface area contributed by atoms with Gasteiger partial charge in [0.25, 0.3) is 0 Å². The maximum atomic E-state index is 13.4. The lowest BCUT2D eigenvalue weighted by Crippen LogP contribution is -2.66. The molecule has 1 amide bonds. The van der Waals surface area contributed by atoms with Gasteiger partial charge < -0.3 is 19.3 Å². The Morgan fingerprint density at radius 3 is 2.62 bits per heavy atom. The topological polar surface area (TPSA) is 70.8 Å². The summed E-state index contributed by atoms with van der Waals surface area (Å²) in [5.74, 6) is 1.52. The third-order valence-corrected chi connectivity index (χ3v) is 8.01. The Morgan fingerprint density at radius 2 is 1.94 bits per heavy atom. The van der Waals surface area contributed by atoms with Crippen LogP contribution < -0.4 is 4.74 Å². The summed E-state index contributed by atoms with van der Waals surface area (Å²) in [4.78, 5) is 22.0. The molecule has 1 saturated carbocycles. The first kappa shape index (κ1) is 21.6. The molecular formula is C27H32N4O3. The number of aryl methyl sites for hydroxylation is 1. The smallest absolute Gasteiger partial charge is 0.223 e. The monoisotopic (exact) mass is 460 g/mol. The zero-order chi connectivity index (χ0) is 23.4. The number of rotatable bonds is 6. The summed E-state index contributed by atoms with van der Waals surface area (Å²) in [6, 6.07) is 10.0. The van der Waals surface area contributed by atoms with Crippen LogP contribution in [0.2, 0.25) is 0 Å². The molecule has 1 saturated heterocycles. The minimum absolute atomic E-state index is 0.0679. The summed E-state index contributed by atoms with van der Waals surface area (Å²) in [7, 11) is 3.74. The summed E-state index contributed by atoms with van der Waals surface area (Å²) in [6.45, 7) is 3.24. The first-order valence-corrected chi connectivity index (χ1v) is 12.2. The molecule has 1 atom stereocenters. The number of amides is 1. The number of methoxy groups -OCH3 is 1. The molecule has 6 rings (SSSR count). The van der Waals surface area contributed by atoms with E-state index in [4.69, 9.17) is 4.74 Å². The quantitative estimate of drug-likeness (QED) is 0.612. The van der Waals surface area contributed by atoms with E-state index in [1.54, 1.807) is 7.11 Å². The van der Waals surface area contributed by atoms with Gasteiger partial charge in [-0.3, -0.25) is 14.7 Å². The molecule has 1 N–H and O–H groups in total. The number of carbonyl (C=O) groups excluding carboxylic acids is 1. The Labute approximate surface area is 199 Å². The minimum Gasteiger partial charge on any atom is -0.497 e. The number of pyridine rings is 1. The number of aromatic nitrogens is 2. The van der Waals surface area contributed by atoms with E-state index in [9.17, 15) is 9.90 Å². The van der Waals surface area contributed by atoms with Crippen molar-refractivity contribution < 1.29 is 14.6 Å². The van der Waals surface area contributed by atoms with E-state index in [2.05, 4.69) is 45.8 Å². The van der Waals surface area contributed by atoms with E-state index in [-0.39, 0.29) is 24.0 Å². The molecular weight excluding hydrogens is 428 g/mol. The predicted octanol–water partition coefficient (Wildman–Crippen LogP) is 3.01. The second kappa shape index (κ2) is 8.10. The molecule has 7 nitrogen and oxygen atoms in total. The van der Waals surface area contributed by atoms with Crippen LogP contribution in [0.15, 0.2) is 42.7 Å². The summed E-state index contributed by atoms with van der Waals surface area (Å²) >= 11 is 0. The molecule has 1 aromatic carbocycles. The first-order chi connectivity index (χ1) is 16.5. The maximum absolute atomic E-state index is 13.4. The molecule has 1 spiro atoms.